The van der Waals surface area contributed by atoms with E-state index in [9.17, 15) is 0 Å². The lowest BCUT2D eigenvalue weighted by Gasteiger charge is -2.18. The molecule has 1 N–H and O–H groups in total. The van der Waals surface area contributed by atoms with E-state index in [0.717, 1.165) is 19.6 Å². The molecule has 0 aromatic carbocycles. The summed E-state index contributed by atoms with van der Waals surface area (Å²) in [5.41, 5.74) is 0. The van der Waals surface area contributed by atoms with Gasteiger partial charge in [0, 0.05) is 13.1 Å². The summed E-state index contributed by atoms with van der Waals surface area (Å²) in [5.74, 6) is 0. The minimum atomic E-state index is 0.250. The van der Waals surface area contributed by atoms with Crippen molar-refractivity contribution in [2.45, 2.75) is 26.2 Å². The minimum absolute atomic E-state index is 0.250. The van der Waals surface area contributed by atoms with Gasteiger partial charge in [-0.05, 0) is 13.0 Å². The fourth-order valence-electron chi connectivity index (χ4n) is 1.20. The Hall–Kier alpha value is -0.340. The number of hydrogen-bond donors (Lipinski definition) is 1. The van der Waals surface area contributed by atoms with Gasteiger partial charge in [-0.1, -0.05) is 25.8 Å². The highest BCUT2D eigenvalue weighted by molar-refractivity contribution is 4.73. The zero-order valence-corrected chi connectivity index (χ0v) is 8.13. The molecule has 0 aliphatic rings. The summed E-state index contributed by atoms with van der Waals surface area (Å²) in [7, 11) is 0. The van der Waals surface area contributed by atoms with Crippen molar-refractivity contribution in [1.29, 1.82) is 0 Å². The van der Waals surface area contributed by atoms with Crippen LogP contribution in [0.1, 0.15) is 26.2 Å². The van der Waals surface area contributed by atoms with E-state index in [1.54, 1.807) is 0 Å². The third kappa shape index (κ3) is 6.38. The van der Waals surface area contributed by atoms with Gasteiger partial charge >= 0.3 is 0 Å². The zero-order valence-electron chi connectivity index (χ0n) is 8.13. The summed E-state index contributed by atoms with van der Waals surface area (Å²) in [5, 5.41) is 8.74. The SMILES string of the molecule is C=CCN(CCO)CCCCC. The topological polar surface area (TPSA) is 23.5 Å². The van der Waals surface area contributed by atoms with Gasteiger partial charge in [-0.3, -0.25) is 4.90 Å². The first-order valence-corrected chi connectivity index (χ1v) is 4.79. The molecule has 12 heavy (non-hydrogen) atoms. The summed E-state index contributed by atoms with van der Waals surface area (Å²) >= 11 is 0. The Morgan fingerprint density at radius 3 is 2.58 bits per heavy atom. The Labute approximate surface area is 75.9 Å². The summed E-state index contributed by atoms with van der Waals surface area (Å²) in [6, 6.07) is 0. The van der Waals surface area contributed by atoms with Gasteiger partial charge in [-0.2, -0.15) is 0 Å². The lowest BCUT2D eigenvalue weighted by Crippen LogP contribution is -2.28. The standard InChI is InChI=1S/C10H21NO/c1-3-5-6-8-11(7-4-2)9-10-12/h4,12H,2-3,5-10H2,1H3. The Bertz CT molecular complexity index is 104. The first-order valence-electron chi connectivity index (χ1n) is 4.79. The molecule has 0 atom stereocenters. The molecule has 2 heteroatoms. The lowest BCUT2D eigenvalue weighted by molar-refractivity contribution is 0.206. The van der Waals surface area contributed by atoms with Crippen LogP contribution >= 0.6 is 0 Å². The Balaban J connectivity index is 3.40. The van der Waals surface area contributed by atoms with Crippen LogP contribution in [-0.2, 0) is 0 Å². The number of rotatable bonds is 8. The van der Waals surface area contributed by atoms with E-state index in [-0.39, 0.29) is 6.61 Å². The predicted molar refractivity (Wildman–Crippen MR) is 53.2 cm³/mol. The van der Waals surface area contributed by atoms with Gasteiger partial charge in [0.15, 0.2) is 0 Å². The highest BCUT2D eigenvalue weighted by atomic mass is 16.3. The second kappa shape index (κ2) is 8.75. The molecule has 0 saturated heterocycles. The Morgan fingerprint density at radius 1 is 1.33 bits per heavy atom. The van der Waals surface area contributed by atoms with Crippen LogP contribution in [0.3, 0.4) is 0 Å². The van der Waals surface area contributed by atoms with Gasteiger partial charge in [0.05, 0.1) is 6.61 Å². The van der Waals surface area contributed by atoms with Gasteiger partial charge in [0.25, 0.3) is 0 Å². The molecule has 0 heterocycles. The van der Waals surface area contributed by atoms with Crippen molar-refractivity contribution in [1.82, 2.24) is 4.90 Å². The monoisotopic (exact) mass is 171 g/mol. The van der Waals surface area contributed by atoms with Gasteiger partial charge in [0.2, 0.25) is 0 Å². The van der Waals surface area contributed by atoms with Gasteiger partial charge in [0.1, 0.15) is 0 Å². The molecule has 0 amide bonds. The van der Waals surface area contributed by atoms with Gasteiger partial charge < -0.3 is 5.11 Å². The van der Waals surface area contributed by atoms with Crippen LogP contribution < -0.4 is 0 Å². The number of aliphatic hydroxyl groups excluding tert-OH is 1. The van der Waals surface area contributed by atoms with Crippen molar-refractivity contribution in [3.63, 3.8) is 0 Å². The van der Waals surface area contributed by atoms with Gasteiger partial charge in [-0.15, -0.1) is 6.58 Å². The van der Waals surface area contributed by atoms with Crippen LogP contribution in [0, 0.1) is 0 Å². The molecule has 0 aromatic rings. The number of aliphatic hydroxyl groups is 1. The lowest BCUT2D eigenvalue weighted by atomic mass is 10.2. The van der Waals surface area contributed by atoms with Crippen LogP contribution in [0.4, 0.5) is 0 Å². The van der Waals surface area contributed by atoms with Crippen molar-refractivity contribution >= 4 is 0 Å². The second-order valence-electron chi connectivity index (χ2n) is 3.02. The summed E-state index contributed by atoms with van der Waals surface area (Å²) in [6.07, 6.45) is 5.64. The number of unbranched alkanes of at least 4 members (excludes halogenated alkanes) is 2. The van der Waals surface area contributed by atoms with Crippen LogP contribution in [0.5, 0.6) is 0 Å². The van der Waals surface area contributed by atoms with Crippen molar-refractivity contribution in [2.24, 2.45) is 0 Å². The van der Waals surface area contributed by atoms with E-state index in [1.165, 1.54) is 19.3 Å². The van der Waals surface area contributed by atoms with Crippen molar-refractivity contribution in [3.8, 4) is 0 Å². The maximum absolute atomic E-state index is 8.74. The largest absolute Gasteiger partial charge is 0.395 e. The molecule has 2 nitrogen and oxygen atoms in total. The fraction of sp³-hybridized carbons (Fsp3) is 0.800. The molecule has 0 radical (unpaired) electrons. The molecule has 0 aromatic heterocycles. The molecule has 0 fully saturated rings. The molecule has 0 aliphatic heterocycles. The Morgan fingerprint density at radius 2 is 2.08 bits per heavy atom. The van der Waals surface area contributed by atoms with E-state index in [1.807, 2.05) is 6.08 Å². The quantitative estimate of drug-likeness (QED) is 0.443. The van der Waals surface area contributed by atoms with Crippen molar-refractivity contribution in [3.05, 3.63) is 12.7 Å². The zero-order chi connectivity index (χ0) is 9.23. The Kier molecular flexibility index (Phi) is 8.51. The summed E-state index contributed by atoms with van der Waals surface area (Å²) in [6.45, 7) is 8.89. The van der Waals surface area contributed by atoms with Crippen LogP contribution in [-0.4, -0.2) is 36.2 Å². The smallest absolute Gasteiger partial charge is 0.0558 e. The van der Waals surface area contributed by atoms with E-state index in [2.05, 4.69) is 18.4 Å². The molecule has 0 aliphatic carbocycles. The third-order valence-corrected chi connectivity index (χ3v) is 1.88. The summed E-state index contributed by atoms with van der Waals surface area (Å²) in [4.78, 5) is 2.22. The number of nitrogens with zero attached hydrogens (tertiary/aromatic N) is 1. The molecular weight excluding hydrogens is 150 g/mol. The average Bonchev–Trinajstić information content (AvgIpc) is 2.06. The van der Waals surface area contributed by atoms with Crippen molar-refractivity contribution in [2.75, 3.05) is 26.2 Å². The normalized spacial score (nSPS) is 10.6. The molecule has 72 valence electrons. The average molecular weight is 171 g/mol. The predicted octanol–water partition coefficient (Wildman–Crippen LogP) is 1.66. The first-order chi connectivity index (χ1) is 5.85. The maximum atomic E-state index is 8.74. The summed E-state index contributed by atoms with van der Waals surface area (Å²) < 4.78 is 0. The van der Waals surface area contributed by atoms with Gasteiger partial charge in [-0.25, -0.2) is 0 Å². The van der Waals surface area contributed by atoms with Crippen molar-refractivity contribution < 1.29 is 5.11 Å². The number of hydrogen-bond acceptors (Lipinski definition) is 2. The molecule has 0 saturated carbocycles. The first kappa shape index (κ1) is 11.7. The molecule has 0 unspecified atom stereocenters. The van der Waals surface area contributed by atoms with Crippen LogP contribution in [0.15, 0.2) is 12.7 Å². The van der Waals surface area contributed by atoms with E-state index in [4.69, 9.17) is 5.11 Å². The molecule has 0 rings (SSSR count). The van der Waals surface area contributed by atoms with E-state index in [0.29, 0.717) is 0 Å². The molecule has 0 bridgehead atoms. The maximum Gasteiger partial charge on any atom is 0.0558 e. The van der Waals surface area contributed by atoms with E-state index >= 15 is 0 Å². The minimum Gasteiger partial charge on any atom is -0.395 e. The highest BCUT2D eigenvalue weighted by Crippen LogP contribution is 1.97. The molecular formula is C10H21NO. The van der Waals surface area contributed by atoms with E-state index < -0.39 is 0 Å². The highest BCUT2D eigenvalue weighted by Gasteiger charge is 1.99. The molecule has 0 spiro atoms. The second-order valence-corrected chi connectivity index (χ2v) is 3.02. The third-order valence-electron chi connectivity index (χ3n) is 1.88. The van der Waals surface area contributed by atoms with Crippen LogP contribution in [0.2, 0.25) is 0 Å². The fourth-order valence-corrected chi connectivity index (χ4v) is 1.20. The van der Waals surface area contributed by atoms with Crippen LogP contribution in [0.25, 0.3) is 0 Å².